The molecule has 16 heavy (non-hydrogen) atoms. The van der Waals surface area contributed by atoms with E-state index in [1.165, 1.54) is 0 Å². The summed E-state index contributed by atoms with van der Waals surface area (Å²) >= 11 is 0. The SMILES string of the molecule is CCCC1C(C(=O)OCC)C1[C@H](N)C(=O)O. The van der Waals surface area contributed by atoms with Crippen LogP contribution in [0.25, 0.3) is 0 Å². The van der Waals surface area contributed by atoms with Gasteiger partial charge in [0.25, 0.3) is 0 Å². The lowest BCUT2D eigenvalue weighted by Gasteiger charge is -2.04. The van der Waals surface area contributed by atoms with Gasteiger partial charge in [-0.15, -0.1) is 0 Å². The fraction of sp³-hybridized carbons (Fsp3) is 0.818. The molecule has 0 aromatic carbocycles. The van der Waals surface area contributed by atoms with Gasteiger partial charge in [-0.25, -0.2) is 0 Å². The van der Waals surface area contributed by atoms with Gasteiger partial charge < -0.3 is 15.6 Å². The van der Waals surface area contributed by atoms with E-state index in [2.05, 4.69) is 0 Å². The van der Waals surface area contributed by atoms with Crippen molar-refractivity contribution in [1.29, 1.82) is 0 Å². The second-order valence-electron chi connectivity index (χ2n) is 4.17. The number of carbonyl (C=O) groups excluding carboxylic acids is 1. The fourth-order valence-corrected chi connectivity index (χ4v) is 2.33. The van der Waals surface area contributed by atoms with E-state index in [-0.39, 0.29) is 23.7 Å². The fourth-order valence-electron chi connectivity index (χ4n) is 2.33. The number of rotatable bonds is 6. The first-order chi connectivity index (χ1) is 7.54. The quantitative estimate of drug-likeness (QED) is 0.652. The highest BCUT2D eigenvalue weighted by Gasteiger charge is 2.59. The molecule has 1 fully saturated rings. The standard InChI is InChI=1S/C11H19NO4/c1-3-5-6-7(9(12)10(13)14)8(6)11(15)16-4-2/h6-9H,3-5,12H2,1-2H3,(H,13,14)/t6?,7?,8?,9-/m0/s1. The van der Waals surface area contributed by atoms with Crippen LogP contribution in [0.1, 0.15) is 26.7 Å². The molecule has 92 valence electrons. The van der Waals surface area contributed by atoms with Crippen molar-refractivity contribution >= 4 is 11.9 Å². The molecule has 0 bridgehead atoms. The number of carbonyl (C=O) groups is 2. The van der Waals surface area contributed by atoms with Crippen LogP contribution in [0.5, 0.6) is 0 Å². The highest BCUT2D eigenvalue weighted by Crippen LogP contribution is 2.51. The molecule has 0 amide bonds. The Balaban J connectivity index is 2.62. The number of hydrogen-bond donors (Lipinski definition) is 2. The van der Waals surface area contributed by atoms with Crippen molar-refractivity contribution in [2.24, 2.45) is 23.5 Å². The summed E-state index contributed by atoms with van der Waals surface area (Å²) in [6, 6.07) is -0.953. The van der Waals surface area contributed by atoms with Crippen molar-refractivity contribution in [1.82, 2.24) is 0 Å². The Labute approximate surface area is 95.0 Å². The van der Waals surface area contributed by atoms with E-state index in [0.717, 1.165) is 12.8 Å². The lowest BCUT2D eigenvalue weighted by Crippen LogP contribution is -2.34. The average molecular weight is 229 g/mol. The lowest BCUT2D eigenvalue weighted by atomic mass is 10.1. The lowest BCUT2D eigenvalue weighted by molar-refractivity contribution is -0.145. The highest BCUT2D eigenvalue weighted by atomic mass is 16.5. The van der Waals surface area contributed by atoms with Crippen LogP contribution in [-0.2, 0) is 14.3 Å². The third-order valence-corrected chi connectivity index (χ3v) is 3.11. The van der Waals surface area contributed by atoms with E-state index in [1.807, 2.05) is 6.92 Å². The number of hydrogen-bond acceptors (Lipinski definition) is 4. The molecule has 3 N–H and O–H groups in total. The molecule has 5 heteroatoms. The summed E-state index contributed by atoms with van der Waals surface area (Å²) in [5, 5.41) is 8.83. The molecule has 1 rings (SSSR count). The Morgan fingerprint density at radius 3 is 2.50 bits per heavy atom. The zero-order valence-electron chi connectivity index (χ0n) is 9.68. The van der Waals surface area contributed by atoms with Gasteiger partial charge >= 0.3 is 11.9 Å². The molecule has 1 aliphatic rings. The van der Waals surface area contributed by atoms with E-state index in [4.69, 9.17) is 15.6 Å². The molecule has 0 aromatic heterocycles. The topological polar surface area (TPSA) is 89.6 Å². The maximum Gasteiger partial charge on any atom is 0.320 e. The van der Waals surface area contributed by atoms with Gasteiger partial charge in [0, 0.05) is 5.92 Å². The number of aliphatic carboxylic acids is 1. The summed E-state index contributed by atoms with van der Waals surface area (Å²) in [7, 11) is 0. The molecule has 0 heterocycles. The van der Waals surface area contributed by atoms with Gasteiger partial charge in [-0.05, 0) is 19.3 Å². The molecular formula is C11H19NO4. The predicted octanol–water partition coefficient (Wildman–Crippen LogP) is 0.624. The minimum Gasteiger partial charge on any atom is -0.480 e. The molecule has 3 unspecified atom stereocenters. The maximum absolute atomic E-state index is 11.6. The monoisotopic (exact) mass is 229 g/mol. The number of ether oxygens (including phenoxy) is 1. The zero-order chi connectivity index (χ0) is 12.3. The summed E-state index contributed by atoms with van der Waals surface area (Å²) in [4.78, 5) is 22.3. The largest absolute Gasteiger partial charge is 0.480 e. The first-order valence-corrected chi connectivity index (χ1v) is 5.69. The first kappa shape index (κ1) is 13.0. The molecule has 0 aliphatic heterocycles. The number of carboxylic acids is 1. The smallest absolute Gasteiger partial charge is 0.320 e. The minimum atomic E-state index is -1.04. The molecular weight excluding hydrogens is 210 g/mol. The van der Waals surface area contributed by atoms with Crippen LogP contribution in [-0.4, -0.2) is 29.7 Å². The van der Waals surface area contributed by atoms with Crippen molar-refractivity contribution in [3.63, 3.8) is 0 Å². The minimum absolute atomic E-state index is 0.0788. The van der Waals surface area contributed by atoms with Crippen molar-refractivity contribution in [3.05, 3.63) is 0 Å². The molecule has 5 nitrogen and oxygen atoms in total. The summed E-state index contributed by atoms with van der Waals surface area (Å²) in [6.45, 7) is 4.06. The molecule has 4 atom stereocenters. The Hall–Kier alpha value is -1.10. The van der Waals surface area contributed by atoms with E-state index >= 15 is 0 Å². The van der Waals surface area contributed by atoms with Gasteiger partial charge in [-0.2, -0.15) is 0 Å². The van der Waals surface area contributed by atoms with Gasteiger partial charge in [0.05, 0.1) is 12.5 Å². The normalized spacial score (nSPS) is 29.6. The van der Waals surface area contributed by atoms with Crippen molar-refractivity contribution in [2.75, 3.05) is 6.61 Å². The summed E-state index contributed by atoms with van der Waals surface area (Å²) < 4.78 is 4.92. The third-order valence-electron chi connectivity index (χ3n) is 3.11. The van der Waals surface area contributed by atoms with Crippen LogP contribution < -0.4 is 5.73 Å². The van der Waals surface area contributed by atoms with Crippen LogP contribution in [0, 0.1) is 17.8 Å². The van der Waals surface area contributed by atoms with Crippen molar-refractivity contribution in [3.8, 4) is 0 Å². The second-order valence-corrected chi connectivity index (χ2v) is 4.17. The van der Waals surface area contributed by atoms with Crippen LogP contribution >= 0.6 is 0 Å². The molecule has 1 saturated carbocycles. The van der Waals surface area contributed by atoms with E-state index in [1.54, 1.807) is 6.92 Å². The third kappa shape index (κ3) is 2.52. The van der Waals surface area contributed by atoms with Crippen molar-refractivity contribution in [2.45, 2.75) is 32.7 Å². The molecule has 0 radical (unpaired) electrons. The highest BCUT2D eigenvalue weighted by molar-refractivity contribution is 5.81. The first-order valence-electron chi connectivity index (χ1n) is 5.69. The van der Waals surface area contributed by atoms with E-state index < -0.39 is 12.0 Å². The van der Waals surface area contributed by atoms with Crippen LogP contribution in [0.4, 0.5) is 0 Å². The van der Waals surface area contributed by atoms with Crippen LogP contribution in [0.15, 0.2) is 0 Å². The van der Waals surface area contributed by atoms with Gasteiger partial charge in [-0.1, -0.05) is 13.3 Å². The number of esters is 1. The van der Waals surface area contributed by atoms with Gasteiger partial charge in [-0.3, -0.25) is 9.59 Å². The second kappa shape index (κ2) is 5.30. The number of carboxylic acid groups (broad SMARTS) is 1. The summed E-state index contributed by atoms with van der Waals surface area (Å²) in [5.41, 5.74) is 5.56. The Bertz CT molecular complexity index is 279. The van der Waals surface area contributed by atoms with Gasteiger partial charge in [0.1, 0.15) is 6.04 Å². The van der Waals surface area contributed by atoms with Crippen LogP contribution in [0.2, 0.25) is 0 Å². The average Bonchev–Trinajstić information content (AvgIpc) is 2.92. The Morgan fingerprint density at radius 2 is 2.06 bits per heavy atom. The predicted molar refractivity (Wildman–Crippen MR) is 57.6 cm³/mol. The van der Waals surface area contributed by atoms with Crippen molar-refractivity contribution < 1.29 is 19.4 Å². The number of nitrogens with two attached hydrogens (primary N) is 1. The Morgan fingerprint density at radius 1 is 1.44 bits per heavy atom. The molecule has 0 spiro atoms. The van der Waals surface area contributed by atoms with Gasteiger partial charge in [0.2, 0.25) is 0 Å². The molecule has 0 aromatic rings. The molecule has 0 saturated heterocycles. The summed E-state index contributed by atoms with van der Waals surface area (Å²) in [5.74, 6) is -1.83. The molecule has 1 aliphatic carbocycles. The van der Waals surface area contributed by atoms with Gasteiger partial charge in [0.15, 0.2) is 0 Å². The Kier molecular flexibility index (Phi) is 4.29. The summed E-state index contributed by atoms with van der Waals surface area (Å²) in [6.07, 6.45) is 1.75. The maximum atomic E-state index is 11.6. The van der Waals surface area contributed by atoms with E-state index in [9.17, 15) is 9.59 Å². The zero-order valence-corrected chi connectivity index (χ0v) is 9.68. The van der Waals surface area contributed by atoms with E-state index in [0.29, 0.717) is 6.61 Å². The van der Waals surface area contributed by atoms with Crippen LogP contribution in [0.3, 0.4) is 0 Å².